The highest BCUT2D eigenvalue weighted by atomic mass is 16.5. The minimum Gasteiger partial charge on any atom is -0.496 e. The minimum absolute atomic E-state index is 0.226. The van der Waals surface area contributed by atoms with Crippen molar-refractivity contribution in [1.29, 1.82) is 0 Å². The number of carbonyl (C=O) groups excluding carboxylic acids is 2. The molecule has 6 rings (SSSR count). The Morgan fingerprint density at radius 3 is 1.59 bits per heavy atom. The fraction of sp³-hybridized carbons (Fsp3) is 0.396. The number of aromatic nitrogens is 6. The molecule has 63 heavy (non-hydrogen) atoms. The first-order chi connectivity index (χ1) is 30.7. The third-order valence-corrected chi connectivity index (χ3v) is 11.2. The van der Waals surface area contributed by atoms with Crippen molar-refractivity contribution in [2.45, 2.75) is 124 Å². The van der Waals surface area contributed by atoms with Crippen LogP contribution in [0.5, 0.6) is 11.5 Å². The van der Waals surface area contributed by atoms with Crippen molar-refractivity contribution in [2.24, 2.45) is 0 Å². The molecule has 0 fully saturated rings. The van der Waals surface area contributed by atoms with Gasteiger partial charge in [-0.3, -0.25) is 19.6 Å². The third-order valence-electron chi connectivity index (χ3n) is 11.2. The number of Topliss-reactive ketones (excluding diaryl/α,β-unsaturated/α-hetero) is 2. The molecule has 0 radical (unpaired) electrons. The Balaban J connectivity index is 0.000000238. The number of pyridine rings is 2. The molecule has 0 N–H and O–H groups in total. The highest BCUT2D eigenvalue weighted by Crippen LogP contribution is 2.31. The quantitative estimate of drug-likeness (QED) is 0.0651. The third kappa shape index (κ3) is 14.2. The number of rotatable bonds is 22. The minimum atomic E-state index is 0.226. The van der Waals surface area contributed by atoms with Gasteiger partial charge < -0.3 is 9.47 Å². The van der Waals surface area contributed by atoms with Crippen LogP contribution in [-0.2, 0) is 35.3 Å². The van der Waals surface area contributed by atoms with Gasteiger partial charge in [-0.2, -0.15) is 0 Å². The summed E-state index contributed by atoms with van der Waals surface area (Å²) < 4.78 is 11.1. The van der Waals surface area contributed by atoms with Gasteiger partial charge in [0.25, 0.3) is 0 Å². The molecule has 2 aromatic carbocycles. The van der Waals surface area contributed by atoms with E-state index >= 15 is 0 Å². The van der Waals surface area contributed by atoms with Crippen LogP contribution >= 0.6 is 0 Å². The monoisotopic (exact) mass is 848 g/mol. The first kappa shape index (κ1) is 47.9. The van der Waals surface area contributed by atoms with E-state index in [-0.39, 0.29) is 11.6 Å². The van der Waals surface area contributed by atoms with Crippen molar-refractivity contribution in [2.75, 3.05) is 14.2 Å². The number of hydrogen-bond acceptors (Lipinski definition) is 10. The van der Waals surface area contributed by atoms with Gasteiger partial charge in [0.15, 0.2) is 11.6 Å². The molecule has 0 unspecified atom stereocenters. The average Bonchev–Trinajstić information content (AvgIpc) is 3.30. The summed E-state index contributed by atoms with van der Waals surface area (Å²) >= 11 is 0. The van der Waals surface area contributed by atoms with Gasteiger partial charge in [0.1, 0.15) is 23.1 Å². The average molecular weight is 849 g/mol. The first-order valence-corrected chi connectivity index (χ1v) is 22.5. The van der Waals surface area contributed by atoms with Gasteiger partial charge in [-0.25, -0.2) is 19.9 Å². The molecule has 2 atom stereocenters. The van der Waals surface area contributed by atoms with E-state index in [9.17, 15) is 9.59 Å². The summed E-state index contributed by atoms with van der Waals surface area (Å²) in [5.74, 6) is 3.96. The molecule has 0 bridgehead atoms. The lowest BCUT2D eigenvalue weighted by Gasteiger charge is -2.17. The number of benzene rings is 2. The van der Waals surface area contributed by atoms with E-state index in [1.165, 1.54) is 11.1 Å². The molecule has 10 heteroatoms. The number of aryl methyl sites for hydroxylation is 1. The predicted molar refractivity (Wildman–Crippen MR) is 251 cm³/mol. The van der Waals surface area contributed by atoms with E-state index in [4.69, 9.17) is 19.4 Å². The second-order valence-corrected chi connectivity index (χ2v) is 16.1. The summed E-state index contributed by atoms with van der Waals surface area (Å²) in [4.78, 5) is 51.6. The van der Waals surface area contributed by atoms with E-state index in [1.54, 1.807) is 14.2 Å². The zero-order valence-corrected chi connectivity index (χ0v) is 38.3. The highest BCUT2D eigenvalue weighted by molar-refractivity contribution is 5.82. The van der Waals surface area contributed by atoms with Crippen molar-refractivity contribution >= 4 is 11.6 Å². The van der Waals surface area contributed by atoms with E-state index in [0.29, 0.717) is 60.7 Å². The molecule has 330 valence electrons. The Labute approximate surface area is 374 Å². The van der Waals surface area contributed by atoms with Crippen LogP contribution < -0.4 is 9.47 Å². The maximum atomic E-state index is 12.1. The summed E-state index contributed by atoms with van der Waals surface area (Å²) in [6, 6.07) is 22.0. The van der Waals surface area contributed by atoms with E-state index in [0.717, 1.165) is 90.6 Å². The van der Waals surface area contributed by atoms with Gasteiger partial charge in [-0.1, -0.05) is 76.9 Å². The van der Waals surface area contributed by atoms with Crippen molar-refractivity contribution in [3.05, 3.63) is 143 Å². The standard InChI is InChI=1S/C27H33N3O2.C26H31N3O2/c1-5-8-20(23-10-7-13-28-18-23)15-25-19(3)17-29-27(30-25)22-12-11-21(26(16-22)32-4)14-24(31)9-6-2;1-4-7-19(22-9-6-13-27-18-22)15-23-12-14-28-26(29-23)21-11-10-20(25(17-21)31-3)16-24(30)8-5-2/h7,10-13,16-18,20H,5-6,8-9,14-15H2,1-4H3;6,9-14,17-19H,4-5,7-8,15-16H2,1-3H3/t20-;19-/m11/s1. The summed E-state index contributed by atoms with van der Waals surface area (Å²) in [7, 11) is 3.27. The van der Waals surface area contributed by atoms with E-state index < -0.39 is 0 Å². The predicted octanol–water partition coefficient (Wildman–Crippen LogP) is 11.5. The van der Waals surface area contributed by atoms with Crippen LogP contribution in [-0.4, -0.2) is 55.7 Å². The first-order valence-electron chi connectivity index (χ1n) is 22.5. The summed E-state index contributed by atoms with van der Waals surface area (Å²) in [5.41, 5.74) is 9.23. The number of nitrogens with zero attached hydrogens (tertiary/aromatic N) is 6. The van der Waals surface area contributed by atoms with Gasteiger partial charge in [0.05, 0.1) is 14.2 Å². The van der Waals surface area contributed by atoms with E-state index in [2.05, 4.69) is 52.8 Å². The Hall–Kier alpha value is -6.16. The fourth-order valence-electron chi connectivity index (χ4n) is 7.88. The lowest BCUT2D eigenvalue weighted by atomic mass is 9.90. The van der Waals surface area contributed by atoms with Crippen LogP contribution in [0.1, 0.15) is 130 Å². The lowest BCUT2D eigenvalue weighted by molar-refractivity contribution is -0.119. The van der Waals surface area contributed by atoms with Gasteiger partial charge in [-0.15, -0.1) is 0 Å². The number of ether oxygens (including phenoxy) is 2. The normalized spacial score (nSPS) is 11.9. The fourth-order valence-corrected chi connectivity index (χ4v) is 7.88. The lowest BCUT2D eigenvalue weighted by Crippen LogP contribution is -2.08. The van der Waals surface area contributed by atoms with E-state index in [1.807, 2.05) is 106 Å². The van der Waals surface area contributed by atoms with Crippen LogP contribution in [0.25, 0.3) is 22.8 Å². The Morgan fingerprint density at radius 1 is 0.587 bits per heavy atom. The SMILES string of the molecule is CCCC(=O)Cc1ccc(-c2ncc(C)c(C[C@@H](CCC)c3cccnc3)n2)cc1OC.CCCC(=O)Cc1ccc(-c2nccc(C[C@@H](CCC)c3cccnc3)n2)cc1OC. The maximum absolute atomic E-state index is 12.1. The molecule has 0 aliphatic heterocycles. The number of methoxy groups -OCH3 is 2. The molecule has 0 aliphatic rings. The molecule has 4 aromatic heterocycles. The Morgan fingerprint density at radius 2 is 1.11 bits per heavy atom. The highest BCUT2D eigenvalue weighted by Gasteiger charge is 2.18. The molecule has 0 spiro atoms. The summed E-state index contributed by atoms with van der Waals surface area (Å²) in [6.45, 7) is 10.5. The van der Waals surface area contributed by atoms with Crippen molar-refractivity contribution in [3.63, 3.8) is 0 Å². The molecule has 4 heterocycles. The van der Waals surface area contributed by atoms with Crippen LogP contribution in [0.2, 0.25) is 0 Å². The molecule has 10 nitrogen and oxygen atoms in total. The molecule has 0 saturated heterocycles. The summed E-state index contributed by atoms with van der Waals surface area (Å²) in [5, 5.41) is 0. The zero-order chi connectivity index (χ0) is 45.0. The second-order valence-electron chi connectivity index (χ2n) is 16.1. The molecular weight excluding hydrogens is 785 g/mol. The largest absolute Gasteiger partial charge is 0.496 e. The van der Waals surface area contributed by atoms with Crippen molar-refractivity contribution in [3.8, 4) is 34.3 Å². The Bertz CT molecular complexity index is 2350. The van der Waals surface area contributed by atoms with Crippen LogP contribution in [0.15, 0.2) is 104 Å². The van der Waals surface area contributed by atoms with Crippen molar-refractivity contribution < 1.29 is 19.1 Å². The van der Waals surface area contributed by atoms with Crippen molar-refractivity contribution in [1.82, 2.24) is 29.9 Å². The van der Waals surface area contributed by atoms with Gasteiger partial charge in [0.2, 0.25) is 0 Å². The number of hydrogen-bond donors (Lipinski definition) is 0. The van der Waals surface area contributed by atoms with Crippen LogP contribution in [0.4, 0.5) is 0 Å². The molecule has 0 saturated carbocycles. The van der Waals surface area contributed by atoms with Crippen LogP contribution in [0, 0.1) is 6.92 Å². The molecule has 6 aromatic rings. The topological polar surface area (TPSA) is 130 Å². The Kier molecular flexibility index (Phi) is 19.1. The van der Waals surface area contributed by atoms with Crippen LogP contribution in [0.3, 0.4) is 0 Å². The summed E-state index contributed by atoms with van der Waals surface area (Å²) in [6.07, 6.45) is 21.0. The molecule has 0 aliphatic carbocycles. The second kappa shape index (κ2) is 25.1. The van der Waals surface area contributed by atoms with Gasteiger partial charge in [0, 0.05) is 96.5 Å². The number of carbonyl (C=O) groups is 2. The molecule has 0 amide bonds. The maximum Gasteiger partial charge on any atom is 0.159 e. The zero-order valence-electron chi connectivity index (χ0n) is 38.3. The van der Waals surface area contributed by atoms with Gasteiger partial charge in [-0.05, 0) is 104 Å². The molecular formula is C53H64N6O4. The smallest absolute Gasteiger partial charge is 0.159 e. The number of ketones is 2. The van der Waals surface area contributed by atoms with Gasteiger partial charge >= 0.3 is 0 Å².